The average molecular weight is 447 g/mol. The van der Waals surface area contributed by atoms with E-state index in [9.17, 15) is 9.59 Å². The number of nitrogens with zero attached hydrogens (tertiary/aromatic N) is 4. The van der Waals surface area contributed by atoms with Gasteiger partial charge in [-0.2, -0.15) is 0 Å². The number of rotatable bonds is 2. The Kier molecular flexibility index (Phi) is 4.62. The van der Waals surface area contributed by atoms with Crippen LogP contribution in [-0.2, 0) is 17.7 Å². The first-order valence-corrected chi connectivity index (χ1v) is 11.4. The molecule has 170 valence electrons. The van der Waals surface area contributed by atoms with Gasteiger partial charge in [-0.1, -0.05) is 0 Å². The molecule has 33 heavy (non-hydrogen) atoms. The number of oxazole rings is 1. The number of hydrogen-bond acceptors (Lipinski definition) is 6. The molecule has 4 aromatic rings. The summed E-state index contributed by atoms with van der Waals surface area (Å²) >= 11 is 0. The highest BCUT2D eigenvalue weighted by Gasteiger charge is 2.27. The summed E-state index contributed by atoms with van der Waals surface area (Å²) in [6, 6.07) is 3.77. The van der Waals surface area contributed by atoms with Crippen LogP contribution in [0.25, 0.3) is 16.6 Å². The van der Waals surface area contributed by atoms with Crippen molar-refractivity contribution in [2.45, 2.75) is 45.6 Å². The van der Waals surface area contributed by atoms with Gasteiger partial charge in [0.05, 0.1) is 23.8 Å². The number of fused-ring (bicyclic) bond motifs is 4. The highest BCUT2D eigenvalue weighted by Crippen LogP contribution is 2.29. The van der Waals surface area contributed by atoms with Crippen LogP contribution in [0, 0.1) is 13.8 Å². The first-order chi connectivity index (χ1) is 16.0. The molecule has 2 aliphatic heterocycles. The molecule has 2 aliphatic rings. The van der Waals surface area contributed by atoms with Gasteiger partial charge in [-0.3, -0.25) is 14.0 Å². The van der Waals surface area contributed by atoms with Crippen LogP contribution in [0.15, 0.2) is 27.5 Å². The lowest BCUT2D eigenvalue weighted by atomic mass is 9.99. The van der Waals surface area contributed by atoms with Gasteiger partial charge in [0.15, 0.2) is 5.89 Å². The number of carbonyl (C=O) groups excluding carboxylic acids is 1. The molecule has 1 N–H and O–H groups in total. The highest BCUT2D eigenvalue weighted by atomic mass is 16.5. The smallest absolute Gasteiger partial charge is 0.274 e. The van der Waals surface area contributed by atoms with E-state index in [0.717, 1.165) is 41.2 Å². The maximum Gasteiger partial charge on any atom is 0.274 e. The number of imidazole rings is 1. The zero-order valence-corrected chi connectivity index (χ0v) is 18.7. The van der Waals surface area contributed by atoms with Gasteiger partial charge in [0.25, 0.3) is 11.5 Å². The minimum absolute atomic E-state index is 0.0723. The maximum absolute atomic E-state index is 13.4. The monoisotopic (exact) mass is 447 g/mol. The number of carbonyl (C=O) groups is 1. The normalized spacial score (nSPS) is 17.1. The molecule has 0 radical (unpaired) electrons. The molecule has 1 aromatic carbocycles. The van der Waals surface area contributed by atoms with E-state index in [-0.39, 0.29) is 17.4 Å². The molecule has 9 nitrogen and oxygen atoms in total. The van der Waals surface area contributed by atoms with Crippen molar-refractivity contribution in [1.82, 2.24) is 24.3 Å². The Morgan fingerprint density at radius 1 is 1.18 bits per heavy atom. The summed E-state index contributed by atoms with van der Waals surface area (Å²) in [5.41, 5.74) is 4.04. The number of benzene rings is 1. The molecular formula is C24H25N5O4. The summed E-state index contributed by atoms with van der Waals surface area (Å²) < 4.78 is 13.1. The van der Waals surface area contributed by atoms with Crippen LogP contribution >= 0.6 is 0 Å². The first-order valence-electron chi connectivity index (χ1n) is 11.4. The van der Waals surface area contributed by atoms with Crippen molar-refractivity contribution < 1.29 is 13.9 Å². The summed E-state index contributed by atoms with van der Waals surface area (Å²) in [5, 5.41) is 0. The fraction of sp³-hybridized carbons (Fsp3) is 0.417. The van der Waals surface area contributed by atoms with Crippen molar-refractivity contribution in [1.29, 1.82) is 0 Å². The Labute approximate surface area is 189 Å². The number of aryl methyl sites for hydroxylation is 2. The molecule has 1 fully saturated rings. The quantitative estimate of drug-likeness (QED) is 0.507. The van der Waals surface area contributed by atoms with E-state index in [1.54, 1.807) is 17.2 Å². The first kappa shape index (κ1) is 20.2. The number of ether oxygens (including phenoxy) is 1. The third kappa shape index (κ3) is 3.26. The van der Waals surface area contributed by atoms with Crippen molar-refractivity contribution in [2.75, 3.05) is 19.8 Å². The van der Waals surface area contributed by atoms with Gasteiger partial charge in [-0.05, 0) is 37.5 Å². The van der Waals surface area contributed by atoms with Crippen molar-refractivity contribution in [3.63, 3.8) is 0 Å². The number of amides is 1. The second kappa shape index (κ2) is 7.55. The van der Waals surface area contributed by atoms with E-state index in [1.807, 2.05) is 24.3 Å². The van der Waals surface area contributed by atoms with Gasteiger partial charge in [0.1, 0.15) is 22.8 Å². The minimum Gasteiger partial charge on any atom is -0.446 e. The van der Waals surface area contributed by atoms with Crippen LogP contribution in [0.1, 0.15) is 57.9 Å². The number of H-pyrrole nitrogens is 1. The van der Waals surface area contributed by atoms with E-state index >= 15 is 0 Å². The second-order valence-corrected chi connectivity index (χ2v) is 8.94. The third-order valence-electron chi connectivity index (χ3n) is 6.79. The van der Waals surface area contributed by atoms with Gasteiger partial charge in [-0.25, -0.2) is 9.97 Å². The number of nitrogens with one attached hydrogen (secondary N) is 1. The zero-order chi connectivity index (χ0) is 22.7. The van der Waals surface area contributed by atoms with Crippen molar-refractivity contribution in [3.8, 4) is 0 Å². The molecule has 9 heteroatoms. The highest BCUT2D eigenvalue weighted by molar-refractivity contribution is 5.99. The molecule has 0 unspecified atom stereocenters. The van der Waals surface area contributed by atoms with Crippen LogP contribution < -0.4 is 5.56 Å². The van der Waals surface area contributed by atoms with Crippen LogP contribution in [-0.4, -0.2) is 49.9 Å². The van der Waals surface area contributed by atoms with Gasteiger partial charge in [0.2, 0.25) is 0 Å². The average Bonchev–Trinajstić information content (AvgIpc) is 3.42. The largest absolute Gasteiger partial charge is 0.446 e. The molecule has 3 aromatic heterocycles. The Bertz CT molecular complexity index is 1460. The molecule has 5 heterocycles. The molecule has 1 saturated heterocycles. The van der Waals surface area contributed by atoms with E-state index in [1.165, 1.54) is 0 Å². The van der Waals surface area contributed by atoms with Gasteiger partial charge in [-0.15, -0.1) is 0 Å². The predicted octanol–water partition coefficient (Wildman–Crippen LogP) is 2.87. The predicted molar refractivity (Wildman–Crippen MR) is 121 cm³/mol. The number of hydrogen-bond donors (Lipinski definition) is 1. The minimum atomic E-state index is -0.212. The van der Waals surface area contributed by atoms with Gasteiger partial charge >= 0.3 is 0 Å². The van der Waals surface area contributed by atoms with E-state index in [2.05, 4.69) is 15.0 Å². The van der Waals surface area contributed by atoms with E-state index in [0.29, 0.717) is 55.2 Å². The molecule has 0 saturated carbocycles. The van der Waals surface area contributed by atoms with E-state index < -0.39 is 0 Å². The standard InChI is InChI=1S/C24H25N5O4/c1-13-9-19-17(10-16(13)24(31)28-6-3-21-18(12-28)26-14(2)33-21)27-23(30)20-11-25-22(29(19)20)15-4-7-32-8-5-15/h9-11,15H,3-8,12H2,1-2H3,(H,27,30). The third-order valence-corrected chi connectivity index (χ3v) is 6.79. The summed E-state index contributed by atoms with van der Waals surface area (Å²) in [4.78, 5) is 40.0. The fourth-order valence-corrected chi connectivity index (χ4v) is 5.09. The van der Waals surface area contributed by atoms with Crippen LogP contribution in [0.3, 0.4) is 0 Å². The van der Waals surface area contributed by atoms with Crippen molar-refractivity contribution in [3.05, 3.63) is 63.0 Å². The summed E-state index contributed by atoms with van der Waals surface area (Å²) in [6.45, 7) is 6.14. The molecule has 6 rings (SSSR count). The second-order valence-electron chi connectivity index (χ2n) is 8.94. The van der Waals surface area contributed by atoms with Crippen LogP contribution in [0.4, 0.5) is 0 Å². The molecule has 1 amide bonds. The molecule has 0 aliphatic carbocycles. The summed E-state index contributed by atoms with van der Waals surface area (Å²) in [5.74, 6) is 2.53. The zero-order valence-electron chi connectivity index (χ0n) is 18.7. The van der Waals surface area contributed by atoms with Crippen molar-refractivity contribution in [2.24, 2.45) is 0 Å². The molecule has 0 spiro atoms. The van der Waals surface area contributed by atoms with Gasteiger partial charge in [0, 0.05) is 44.6 Å². The Balaban J connectivity index is 1.43. The summed E-state index contributed by atoms with van der Waals surface area (Å²) in [6.07, 6.45) is 4.04. The Hall–Kier alpha value is -3.46. The Morgan fingerprint density at radius 3 is 2.82 bits per heavy atom. The lowest BCUT2D eigenvalue weighted by Crippen LogP contribution is -2.36. The molecule has 0 bridgehead atoms. The van der Waals surface area contributed by atoms with Crippen molar-refractivity contribution >= 4 is 22.5 Å². The molecular weight excluding hydrogens is 422 g/mol. The molecule has 0 atom stereocenters. The SMILES string of the molecule is Cc1nc2c(o1)CCN(C(=O)c1cc3[nH]c(=O)c4cnc(C5CCOCC5)n4c3cc1C)C2. The summed E-state index contributed by atoms with van der Waals surface area (Å²) in [7, 11) is 0. The van der Waals surface area contributed by atoms with Crippen LogP contribution in [0.2, 0.25) is 0 Å². The topological polar surface area (TPSA) is 106 Å². The lowest BCUT2D eigenvalue weighted by molar-refractivity contribution is 0.0727. The van der Waals surface area contributed by atoms with Gasteiger partial charge < -0.3 is 19.0 Å². The number of aromatic nitrogens is 4. The Morgan fingerprint density at radius 2 is 2.00 bits per heavy atom. The lowest BCUT2D eigenvalue weighted by Gasteiger charge is -2.26. The number of aromatic amines is 1. The fourth-order valence-electron chi connectivity index (χ4n) is 5.09. The van der Waals surface area contributed by atoms with E-state index in [4.69, 9.17) is 9.15 Å². The van der Waals surface area contributed by atoms with Crippen LogP contribution in [0.5, 0.6) is 0 Å². The maximum atomic E-state index is 13.4.